The minimum absolute atomic E-state index is 0.247. The van der Waals surface area contributed by atoms with Crippen LogP contribution < -0.4 is 11.2 Å². The zero-order valence-corrected chi connectivity index (χ0v) is 13.3. The van der Waals surface area contributed by atoms with Crippen LogP contribution in [0.2, 0.25) is 0 Å². The van der Waals surface area contributed by atoms with Crippen molar-refractivity contribution in [1.82, 2.24) is 18.7 Å². The Kier molecular flexibility index (Phi) is 4.81. The summed E-state index contributed by atoms with van der Waals surface area (Å²) in [7, 11) is 1.59. The molecule has 0 aliphatic carbocycles. The number of hydrogen-bond acceptors (Lipinski definition) is 4. The smallest absolute Gasteiger partial charge is 0.322 e. The van der Waals surface area contributed by atoms with E-state index in [9.17, 15) is 9.59 Å². The summed E-state index contributed by atoms with van der Waals surface area (Å²) < 4.78 is 4.23. The number of nitriles is 1. The monoisotopic (exact) mass is 303 g/mol. The second-order valence-corrected chi connectivity index (χ2v) is 5.35. The third-order valence-electron chi connectivity index (χ3n) is 3.74. The molecule has 0 aromatic carbocycles. The molecule has 7 heteroatoms. The second-order valence-electron chi connectivity index (χ2n) is 5.35. The third-order valence-corrected chi connectivity index (χ3v) is 3.74. The topological polar surface area (TPSA) is 85.6 Å². The van der Waals surface area contributed by atoms with Crippen LogP contribution in [0.1, 0.15) is 38.9 Å². The number of rotatable bonds is 6. The molecule has 0 fully saturated rings. The Morgan fingerprint density at radius 2 is 1.91 bits per heavy atom. The number of nitrogens with zero attached hydrogens (tertiary/aromatic N) is 5. The van der Waals surface area contributed by atoms with E-state index in [1.54, 1.807) is 7.05 Å². The van der Waals surface area contributed by atoms with Gasteiger partial charge in [0.2, 0.25) is 0 Å². The molecule has 0 atom stereocenters. The van der Waals surface area contributed by atoms with Gasteiger partial charge in [0.05, 0.1) is 6.07 Å². The fourth-order valence-electron chi connectivity index (χ4n) is 2.62. The molecule has 22 heavy (non-hydrogen) atoms. The number of aromatic nitrogens is 4. The summed E-state index contributed by atoms with van der Waals surface area (Å²) in [6.45, 7) is 4.56. The van der Waals surface area contributed by atoms with Gasteiger partial charge in [0.1, 0.15) is 12.4 Å². The molecular formula is C15H21N5O2. The van der Waals surface area contributed by atoms with E-state index in [0.29, 0.717) is 17.7 Å². The highest BCUT2D eigenvalue weighted by atomic mass is 16.2. The molecule has 0 bridgehead atoms. The zero-order valence-electron chi connectivity index (χ0n) is 13.3. The van der Waals surface area contributed by atoms with Gasteiger partial charge < -0.3 is 4.57 Å². The average molecular weight is 303 g/mol. The van der Waals surface area contributed by atoms with Crippen molar-refractivity contribution in [2.24, 2.45) is 7.05 Å². The lowest BCUT2D eigenvalue weighted by atomic mass is 10.2. The van der Waals surface area contributed by atoms with Crippen LogP contribution in [-0.4, -0.2) is 18.7 Å². The highest BCUT2D eigenvalue weighted by Crippen LogP contribution is 2.14. The van der Waals surface area contributed by atoms with Crippen LogP contribution in [-0.2, 0) is 26.6 Å². The predicted octanol–water partition coefficient (Wildman–Crippen LogP) is 1.17. The molecule has 2 rings (SSSR count). The molecule has 2 aromatic rings. The first-order valence-corrected chi connectivity index (χ1v) is 7.62. The summed E-state index contributed by atoms with van der Waals surface area (Å²) in [5.41, 5.74) is -0.0976. The maximum Gasteiger partial charge on any atom is 0.333 e. The average Bonchev–Trinajstić information content (AvgIpc) is 2.86. The summed E-state index contributed by atoms with van der Waals surface area (Å²) in [5.74, 6) is 0.834. The maximum atomic E-state index is 12.6. The van der Waals surface area contributed by atoms with E-state index in [1.165, 1.54) is 4.57 Å². The highest BCUT2D eigenvalue weighted by Gasteiger charge is 2.19. The molecule has 7 nitrogen and oxygen atoms in total. The lowest BCUT2D eigenvalue weighted by Crippen LogP contribution is -2.39. The predicted molar refractivity (Wildman–Crippen MR) is 83.8 cm³/mol. The first-order valence-electron chi connectivity index (χ1n) is 7.62. The van der Waals surface area contributed by atoms with E-state index < -0.39 is 11.2 Å². The van der Waals surface area contributed by atoms with Gasteiger partial charge in [0.25, 0.3) is 5.56 Å². The largest absolute Gasteiger partial charge is 0.333 e. The molecule has 118 valence electrons. The fraction of sp³-hybridized carbons (Fsp3) is 0.600. The van der Waals surface area contributed by atoms with Crippen LogP contribution in [0.4, 0.5) is 0 Å². The number of fused-ring (bicyclic) bond motifs is 1. The van der Waals surface area contributed by atoms with Gasteiger partial charge in [-0.25, -0.2) is 14.3 Å². The minimum Gasteiger partial charge on any atom is -0.322 e. The van der Waals surface area contributed by atoms with Crippen molar-refractivity contribution in [3.63, 3.8) is 0 Å². The maximum absolute atomic E-state index is 12.6. The molecule has 0 N–H and O–H groups in total. The van der Waals surface area contributed by atoms with Crippen LogP contribution in [0, 0.1) is 11.3 Å². The van der Waals surface area contributed by atoms with Crippen LogP contribution in [0.15, 0.2) is 9.59 Å². The Morgan fingerprint density at radius 3 is 2.50 bits per heavy atom. The van der Waals surface area contributed by atoms with Crippen LogP contribution >= 0.6 is 0 Å². The summed E-state index contributed by atoms with van der Waals surface area (Å²) >= 11 is 0. The summed E-state index contributed by atoms with van der Waals surface area (Å²) in [5, 5.41) is 8.85. The summed E-state index contributed by atoms with van der Waals surface area (Å²) in [6, 6.07) is 1.87. The Balaban J connectivity index is 2.82. The molecule has 2 aromatic heterocycles. The van der Waals surface area contributed by atoms with Crippen LogP contribution in [0.25, 0.3) is 11.2 Å². The molecule has 0 unspecified atom stereocenters. The normalized spacial score (nSPS) is 11.0. The Hall–Kier alpha value is -2.36. The van der Waals surface area contributed by atoms with E-state index in [0.717, 1.165) is 36.1 Å². The van der Waals surface area contributed by atoms with Crippen molar-refractivity contribution in [1.29, 1.82) is 5.26 Å². The van der Waals surface area contributed by atoms with Gasteiger partial charge in [-0.15, -0.1) is 0 Å². The molecule has 2 heterocycles. The molecule has 0 spiro atoms. The number of imidazole rings is 1. The van der Waals surface area contributed by atoms with Gasteiger partial charge in [-0.05, 0) is 12.8 Å². The molecule has 0 aliphatic rings. The third kappa shape index (κ3) is 2.56. The van der Waals surface area contributed by atoms with Crippen molar-refractivity contribution in [3.05, 3.63) is 26.7 Å². The van der Waals surface area contributed by atoms with Gasteiger partial charge in [-0.1, -0.05) is 20.3 Å². The van der Waals surface area contributed by atoms with Crippen LogP contribution in [0.3, 0.4) is 0 Å². The van der Waals surface area contributed by atoms with E-state index in [4.69, 9.17) is 5.26 Å². The highest BCUT2D eigenvalue weighted by molar-refractivity contribution is 5.71. The molecule has 0 saturated heterocycles. The Bertz CT molecular complexity index is 835. The molecule has 0 aliphatic heterocycles. The SMILES string of the molecule is CCCCc1nc2c(c(=O)n(CC#N)c(=O)n2C)n1CCC. The van der Waals surface area contributed by atoms with Crippen molar-refractivity contribution in [2.75, 3.05) is 0 Å². The van der Waals surface area contributed by atoms with Gasteiger partial charge in [0.15, 0.2) is 11.2 Å². The fourth-order valence-corrected chi connectivity index (χ4v) is 2.62. The number of unbranched alkanes of at least 4 members (excludes halogenated alkanes) is 1. The summed E-state index contributed by atoms with van der Waals surface area (Å²) in [6.07, 6.45) is 3.66. The molecular weight excluding hydrogens is 282 g/mol. The van der Waals surface area contributed by atoms with E-state index >= 15 is 0 Å². The zero-order chi connectivity index (χ0) is 16.3. The van der Waals surface area contributed by atoms with Crippen LogP contribution in [0.5, 0.6) is 0 Å². The van der Waals surface area contributed by atoms with Gasteiger partial charge in [0, 0.05) is 20.0 Å². The van der Waals surface area contributed by atoms with Crippen molar-refractivity contribution in [2.45, 2.75) is 52.6 Å². The first kappa shape index (κ1) is 16.0. The van der Waals surface area contributed by atoms with Crippen molar-refractivity contribution < 1.29 is 0 Å². The van der Waals surface area contributed by atoms with E-state index in [1.807, 2.05) is 17.6 Å². The molecule has 0 saturated carbocycles. The molecule has 0 amide bonds. The van der Waals surface area contributed by atoms with E-state index in [2.05, 4.69) is 11.9 Å². The standard InChI is InChI=1S/C15H21N5O2/c1-4-6-7-11-17-13-12(19(11)9-5-2)14(21)20(10-8-16)15(22)18(13)3/h4-7,9-10H2,1-3H3. The van der Waals surface area contributed by atoms with Gasteiger partial charge in [-0.2, -0.15) is 5.26 Å². The first-order chi connectivity index (χ1) is 10.6. The minimum atomic E-state index is -0.498. The lowest BCUT2D eigenvalue weighted by molar-refractivity contribution is 0.626. The van der Waals surface area contributed by atoms with Gasteiger partial charge in [-0.3, -0.25) is 9.36 Å². The number of hydrogen-bond donors (Lipinski definition) is 0. The Labute approximate surface area is 128 Å². The number of aryl methyl sites for hydroxylation is 3. The van der Waals surface area contributed by atoms with Gasteiger partial charge >= 0.3 is 5.69 Å². The quantitative estimate of drug-likeness (QED) is 0.801. The second kappa shape index (κ2) is 6.60. The summed E-state index contributed by atoms with van der Waals surface area (Å²) in [4.78, 5) is 29.3. The Morgan fingerprint density at radius 1 is 1.18 bits per heavy atom. The lowest BCUT2D eigenvalue weighted by Gasteiger charge is -2.08. The van der Waals surface area contributed by atoms with E-state index in [-0.39, 0.29) is 6.54 Å². The molecule has 0 radical (unpaired) electrons. The van der Waals surface area contributed by atoms with Crippen molar-refractivity contribution >= 4 is 11.2 Å². The van der Waals surface area contributed by atoms with Crippen molar-refractivity contribution in [3.8, 4) is 6.07 Å².